The highest BCUT2D eigenvalue weighted by molar-refractivity contribution is 14.0. The van der Waals surface area contributed by atoms with Crippen molar-refractivity contribution in [3.05, 3.63) is 0 Å². The molecule has 0 spiro atoms. The van der Waals surface area contributed by atoms with Crippen molar-refractivity contribution in [1.82, 2.24) is 16.0 Å². The minimum atomic E-state index is 0. The molecule has 1 atom stereocenters. The van der Waals surface area contributed by atoms with Crippen LogP contribution in [0.25, 0.3) is 0 Å². The van der Waals surface area contributed by atoms with Crippen molar-refractivity contribution in [2.75, 3.05) is 19.6 Å². The van der Waals surface area contributed by atoms with Gasteiger partial charge in [0, 0.05) is 25.0 Å². The molecule has 1 aliphatic rings. The Kier molecular flexibility index (Phi) is 11.7. The van der Waals surface area contributed by atoms with Crippen LogP contribution in [-0.2, 0) is 4.79 Å². The molecule has 0 heterocycles. The Hall–Kier alpha value is -0.530. The van der Waals surface area contributed by atoms with Gasteiger partial charge in [-0.05, 0) is 45.4 Å². The lowest BCUT2D eigenvalue weighted by Gasteiger charge is -2.18. The summed E-state index contributed by atoms with van der Waals surface area (Å²) in [5.41, 5.74) is 0. The molecular formula is C16H33IN4O. The van der Waals surface area contributed by atoms with Crippen molar-refractivity contribution < 1.29 is 4.79 Å². The Morgan fingerprint density at radius 2 is 1.86 bits per heavy atom. The lowest BCUT2D eigenvalue weighted by atomic mass is 10.0. The second kappa shape index (κ2) is 12.0. The predicted octanol–water partition coefficient (Wildman–Crippen LogP) is 2.51. The predicted molar refractivity (Wildman–Crippen MR) is 104 cm³/mol. The number of carbonyl (C=O) groups is 1. The number of amides is 1. The third kappa shape index (κ3) is 10.2. The number of halogens is 1. The average Bonchev–Trinajstić information content (AvgIpc) is 3.25. The number of nitrogens with zero attached hydrogens (tertiary/aromatic N) is 1. The molecule has 1 amide bonds. The van der Waals surface area contributed by atoms with Gasteiger partial charge in [0.05, 0.1) is 6.54 Å². The van der Waals surface area contributed by atoms with Crippen LogP contribution in [0.2, 0.25) is 0 Å². The maximum absolute atomic E-state index is 11.5. The lowest BCUT2D eigenvalue weighted by Crippen LogP contribution is -2.42. The fourth-order valence-electron chi connectivity index (χ4n) is 2.05. The van der Waals surface area contributed by atoms with E-state index < -0.39 is 0 Å². The highest BCUT2D eigenvalue weighted by Crippen LogP contribution is 2.28. The summed E-state index contributed by atoms with van der Waals surface area (Å²) in [7, 11) is 0. The van der Waals surface area contributed by atoms with Crippen molar-refractivity contribution in [1.29, 1.82) is 0 Å². The van der Waals surface area contributed by atoms with Gasteiger partial charge in [-0.1, -0.05) is 13.8 Å². The lowest BCUT2D eigenvalue weighted by molar-refractivity contribution is -0.122. The average molecular weight is 424 g/mol. The molecule has 3 N–H and O–H groups in total. The Labute approximate surface area is 152 Å². The normalized spacial score (nSPS) is 16.0. The number of carbonyl (C=O) groups excluding carboxylic acids is 1. The fourth-order valence-corrected chi connectivity index (χ4v) is 2.05. The van der Waals surface area contributed by atoms with Gasteiger partial charge in [-0.3, -0.25) is 9.79 Å². The molecule has 0 saturated heterocycles. The standard InChI is InChI=1S/C16H32N4O.HI/c1-5-17-16(20-13(4)7-6-12(2)3)19-11-10-18-15(21)14-8-9-14;/h12-14H,5-11H2,1-4H3,(H,18,21)(H2,17,19,20);1H. The summed E-state index contributed by atoms with van der Waals surface area (Å²) in [5.74, 6) is 2.03. The SMILES string of the molecule is CCNC(=NCCNC(=O)C1CC1)NC(C)CCC(C)C.I. The molecule has 0 aliphatic heterocycles. The molecule has 0 aromatic heterocycles. The molecule has 1 saturated carbocycles. The molecule has 0 aromatic rings. The van der Waals surface area contributed by atoms with Gasteiger partial charge in [-0.15, -0.1) is 24.0 Å². The van der Waals surface area contributed by atoms with E-state index in [0.717, 1.165) is 37.7 Å². The summed E-state index contributed by atoms with van der Waals surface area (Å²) in [6, 6.07) is 0.409. The zero-order chi connectivity index (χ0) is 15.7. The maximum atomic E-state index is 11.5. The summed E-state index contributed by atoms with van der Waals surface area (Å²) < 4.78 is 0. The summed E-state index contributed by atoms with van der Waals surface area (Å²) in [6.45, 7) is 10.8. The van der Waals surface area contributed by atoms with Crippen LogP contribution in [-0.4, -0.2) is 37.5 Å². The molecule has 22 heavy (non-hydrogen) atoms. The van der Waals surface area contributed by atoms with E-state index in [1.165, 1.54) is 6.42 Å². The highest BCUT2D eigenvalue weighted by Gasteiger charge is 2.28. The van der Waals surface area contributed by atoms with Gasteiger partial charge in [0.2, 0.25) is 5.91 Å². The Bertz CT molecular complexity index is 343. The summed E-state index contributed by atoms with van der Waals surface area (Å²) in [5, 5.41) is 9.61. The molecule has 5 nitrogen and oxygen atoms in total. The smallest absolute Gasteiger partial charge is 0.223 e. The number of rotatable bonds is 9. The van der Waals surface area contributed by atoms with E-state index in [0.29, 0.717) is 19.1 Å². The number of aliphatic imine (C=N–C) groups is 1. The molecule has 1 unspecified atom stereocenters. The molecule has 1 aliphatic carbocycles. The molecule has 0 bridgehead atoms. The second-order valence-electron chi connectivity index (χ2n) is 6.34. The maximum Gasteiger partial charge on any atom is 0.223 e. The summed E-state index contributed by atoms with van der Waals surface area (Å²) >= 11 is 0. The zero-order valence-electron chi connectivity index (χ0n) is 14.4. The van der Waals surface area contributed by atoms with Crippen molar-refractivity contribution in [2.24, 2.45) is 16.8 Å². The van der Waals surface area contributed by atoms with Crippen molar-refractivity contribution in [3.63, 3.8) is 0 Å². The van der Waals surface area contributed by atoms with Gasteiger partial charge in [0.25, 0.3) is 0 Å². The quantitative estimate of drug-likeness (QED) is 0.231. The summed E-state index contributed by atoms with van der Waals surface area (Å²) in [6.07, 6.45) is 4.45. The first kappa shape index (κ1) is 21.5. The monoisotopic (exact) mass is 424 g/mol. The molecule has 1 fully saturated rings. The van der Waals surface area contributed by atoms with E-state index >= 15 is 0 Å². The van der Waals surface area contributed by atoms with Crippen LogP contribution in [0.3, 0.4) is 0 Å². The van der Waals surface area contributed by atoms with Crippen LogP contribution in [0.15, 0.2) is 4.99 Å². The third-order valence-electron chi connectivity index (χ3n) is 3.53. The third-order valence-corrected chi connectivity index (χ3v) is 3.53. The van der Waals surface area contributed by atoms with E-state index in [2.05, 4.69) is 48.6 Å². The van der Waals surface area contributed by atoms with Crippen molar-refractivity contribution >= 4 is 35.8 Å². The van der Waals surface area contributed by atoms with Crippen LogP contribution in [0.4, 0.5) is 0 Å². The molecule has 0 aromatic carbocycles. The van der Waals surface area contributed by atoms with Gasteiger partial charge in [-0.2, -0.15) is 0 Å². The minimum absolute atomic E-state index is 0. The Morgan fingerprint density at radius 1 is 1.18 bits per heavy atom. The van der Waals surface area contributed by atoms with E-state index in [1.807, 2.05) is 0 Å². The summed E-state index contributed by atoms with van der Waals surface area (Å²) in [4.78, 5) is 16.0. The van der Waals surface area contributed by atoms with Crippen molar-refractivity contribution in [3.8, 4) is 0 Å². The zero-order valence-corrected chi connectivity index (χ0v) is 16.8. The second-order valence-corrected chi connectivity index (χ2v) is 6.34. The first-order valence-corrected chi connectivity index (χ1v) is 8.35. The van der Waals surface area contributed by atoms with E-state index in [1.54, 1.807) is 0 Å². The number of guanidine groups is 1. The van der Waals surface area contributed by atoms with E-state index in [4.69, 9.17) is 0 Å². The van der Waals surface area contributed by atoms with Crippen LogP contribution in [0.1, 0.15) is 53.4 Å². The first-order valence-electron chi connectivity index (χ1n) is 8.35. The number of nitrogens with one attached hydrogen (secondary N) is 3. The minimum Gasteiger partial charge on any atom is -0.357 e. The Balaban J connectivity index is 0.00000441. The van der Waals surface area contributed by atoms with E-state index in [-0.39, 0.29) is 35.8 Å². The van der Waals surface area contributed by atoms with Crippen LogP contribution < -0.4 is 16.0 Å². The van der Waals surface area contributed by atoms with Gasteiger partial charge in [-0.25, -0.2) is 0 Å². The van der Waals surface area contributed by atoms with Gasteiger partial charge < -0.3 is 16.0 Å². The van der Waals surface area contributed by atoms with E-state index in [9.17, 15) is 4.79 Å². The Morgan fingerprint density at radius 3 is 2.41 bits per heavy atom. The van der Waals surface area contributed by atoms with Crippen molar-refractivity contribution in [2.45, 2.75) is 59.4 Å². The molecule has 0 radical (unpaired) electrons. The molecular weight excluding hydrogens is 391 g/mol. The van der Waals surface area contributed by atoms with Crippen LogP contribution in [0.5, 0.6) is 0 Å². The topological polar surface area (TPSA) is 65.5 Å². The molecule has 6 heteroatoms. The van der Waals surface area contributed by atoms with Crippen LogP contribution >= 0.6 is 24.0 Å². The highest BCUT2D eigenvalue weighted by atomic mass is 127. The molecule has 130 valence electrons. The largest absolute Gasteiger partial charge is 0.357 e. The van der Waals surface area contributed by atoms with Gasteiger partial charge in [0.1, 0.15) is 0 Å². The van der Waals surface area contributed by atoms with Gasteiger partial charge >= 0.3 is 0 Å². The number of hydrogen-bond donors (Lipinski definition) is 3. The van der Waals surface area contributed by atoms with Gasteiger partial charge in [0.15, 0.2) is 5.96 Å². The first-order chi connectivity index (χ1) is 10.0. The van der Waals surface area contributed by atoms with Crippen LogP contribution in [0, 0.1) is 11.8 Å². The number of hydrogen-bond acceptors (Lipinski definition) is 2. The molecule has 1 rings (SSSR count). The fraction of sp³-hybridized carbons (Fsp3) is 0.875.